The fourth-order valence-electron chi connectivity index (χ4n) is 1.71. The van der Waals surface area contributed by atoms with Gasteiger partial charge in [0, 0.05) is 6.54 Å². The lowest BCUT2D eigenvalue weighted by Gasteiger charge is -2.12. The zero-order chi connectivity index (χ0) is 11.5. The average molecular weight is 221 g/mol. The molecule has 0 unspecified atom stereocenters. The molecular formula is C12H15NO3. The molecule has 0 spiro atoms. The van der Waals surface area contributed by atoms with Gasteiger partial charge in [0.15, 0.2) is 0 Å². The van der Waals surface area contributed by atoms with E-state index in [1.807, 2.05) is 31.2 Å². The predicted molar refractivity (Wildman–Crippen MR) is 58.9 cm³/mol. The van der Waals surface area contributed by atoms with Crippen LogP contribution in [0.25, 0.3) is 0 Å². The minimum atomic E-state index is -0.377. The number of nitrogens with zero attached hydrogens (tertiary/aromatic N) is 1. The van der Waals surface area contributed by atoms with E-state index in [0.717, 1.165) is 5.56 Å². The molecule has 0 bridgehead atoms. The van der Waals surface area contributed by atoms with Gasteiger partial charge in [0.05, 0.1) is 13.2 Å². The number of benzene rings is 1. The number of amides is 1. The molecule has 0 radical (unpaired) electrons. The second kappa shape index (κ2) is 4.53. The van der Waals surface area contributed by atoms with Gasteiger partial charge < -0.3 is 14.7 Å². The van der Waals surface area contributed by atoms with Crippen LogP contribution in [0.1, 0.15) is 11.1 Å². The quantitative estimate of drug-likeness (QED) is 0.837. The van der Waals surface area contributed by atoms with Crippen LogP contribution < -0.4 is 0 Å². The molecule has 1 heterocycles. The summed E-state index contributed by atoms with van der Waals surface area (Å²) in [5.41, 5.74) is 2.27. The Morgan fingerprint density at radius 1 is 1.44 bits per heavy atom. The monoisotopic (exact) mass is 221 g/mol. The van der Waals surface area contributed by atoms with E-state index in [2.05, 4.69) is 0 Å². The van der Waals surface area contributed by atoms with Crippen molar-refractivity contribution in [3.05, 3.63) is 35.4 Å². The summed E-state index contributed by atoms with van der Waals surface area (Å²) in [5.74, 6) is 0. The number of hydrogen-bond donors (Lipinski definition) is 1. The van der Waals surface area contributed by atoms with Gasteiger partial charge in [-0.05, 0) is 12.5 Å². The van der Waals surface area contributed by atoms with E-state index >= 15 is 0 Å². The van der Waals surface area contributed by atoms with Gasteiger partial charge in [-0.15, -0.1) is 0 Å². The van der Waals surface area contributed by atoms with Gasteiger partial charge >= 0.3 is 6.09 Å². The Morgan fingerprint density at radius 2 is 2.12 bits per heavy atom. The number of aliphatic hydroxyl groups excluding tert-OH is 1. The molecule has 0 saturated carbocycles. The van der Waals surface area contributed by atoms with Crippen molar-refractivity contribution >= 4 is 6.09 Å². The maximum Gasteiger partial charge on any atom is 0.410 e. The van der Waals surface area contributed by atoms with Crippen molar-refractivity contribution in [3.8, 4) is 0 Å². The SMILES string of the molecule is Cc1ccc(CN2C[C@H](CO)OC2=O)cc1. The second-order valence-corrected chi connectivity index (χ2v) is 4.05. The topological polar surface area (TPSA) is 49.8 Å². The molecular weight excluding hydrogens is 206 g/mol. The molecule has 0 aliphatic carbocycles. The van der Waals surface area contributed by atoms with Crippen LogP contribution >= 0.6 is 0 Å². The highest BCUT2D eigenvalue weighted by Gasteiger charge is 2.30. The Hall–Kier alpha value is -1.55. The maximum absolute atomic E-state index is 11.4. The molecule has 1 N–H and O–H groups in total. The van der Waals surface area contributed by atoms with Gasteiger partial charge in [-0.3, -0.25) is 0 Å². The number of aliphatic hydroxyl groups is 1. The molecule has 1 fully saturated rings. The first-order chi connectivity index (χ1) is 7.69. The highest BCUT2D eigenvalue weighted by atomic mass is 16.6. The number of carbonyl (C=O) groups excluding carboxylic acids is 1. The van der Waals surface area contributed by atoms with Crippen molar-refractivity contribution in [1.82, 2.24) is 4.90 Å². The van der Waals surface area contributed by atoms with Gasteiger partial charge in [-0.25, -0.2) is 4.79 Å². The third-order valence-corrected chi connectivity index (χ3v) is 2.65. The highest BCUT2D eigenvalue weighted by Crippen LogP contribution is 2.15. The summed E-state index contributed by atoms with van der Waals surface area (Å²) in [6.45, 7) is 2.91. The molecule has 1 aliphatic rings. The lowest BCUT2D eigenvalue weighted by Crippen LogP contribution is -2.25. The highest BCUT2D eigenvalue weighted by molar-refractivity contribution is 5.69. The number of ether oxygens (including phenoxy) is 1. The molecule has 1 aliphatic heterocycles. The Labute approximate surface area is 94.4 Å². The number of hydrogen-bond acceptors (Lipinski definition) is 3. The zero-order valence-electron chi connectivity index (χ0n) is 9.22. The van der Waals surface area contributed by atoms with Gasteiger partial charge in [0.1, 0.15) is 6.10 Å². The summed E-state index contributed by atoms with van der Waals surface area (Å²) in [7, 11) is 0. The summed E-state index contributed by atoms with van der Waals surface area (Å²) in [6.07, 6.45) is -0.724. The fourth-order valence-corrected chi connectivity index (χ4v) is 1.71. The van der Waals surface area contributed by atoms with Crippen molar-refractivity contribution < 1.29 is 14.6 Å². The molecule has 1 aromatic rings. The van der Waals surface area contributed by atoms with E-state index in [4.69, 9.17) is 9.84 Å². The summed E-state index contributed by atoms with van der Waals surface area (Å²) >= 11 is 0. The van der Waals surface area contributed by atoms with Gasteiger partial charge in [0.25, 0.3) is 0 Å². The number of aryl methyl sites for hydroxylation is 1. The van der Waals surface area contributed by atoms with Crippen LogP contribution in [0.4, 0.5) is 4.79 Å². The van der Waals surface area contributed by atoms with E-state index < -0.39 is 0 Å². The maximum atomic E-state index is 11.4. The van der Waals surface area contributed by atoms with E-state index in [0.29, 0.717) is 13.1 Å². The molecule has 2 rings (SSSR count). The molecule has 1 saturated heterocycles. The summed E-state index contributed by atoms with van der Waals surface area (Å²) < 4.78 is 4.96. The Kier molecular flexibility index (Phi) is 3.10. The van der Waals surface area contributed by atoms with E-state index in [1.165, 1.54) is 5.56 Å². The third kappa shape index (κ3) is 2.33. The van der Waals surface area contributed by atoms with Crippen LogP contribution in [0.3, 0.4) is 0 Å². The van der Waals surface area contributed by atoms with Crippen LogP contribution in [0, 0.1) is 6.92 Å². The minimum Gasteiger partial charge on any atom is -0.442 e. The molecule has 1 aromatic carbocycles. The van der Waals surface area contributed by atoms with Crippen LogP contribution in [0.15, 0.2) is 24.3 Å². The van der Waals surface area contributed by atoms with Crippen molar-refractivity contribution in [2.45, 2.75) is 19.6 Å². The second-order valence-electron chi connectivity index (χ2n) is 4.05. The van der Waals surface area contributed by atoms with Gasteiger partial charge in [-0.1, -0.05) is 29.8 Å². The van der Waals surface area contributed by atoms with Crippen LogP contribution in [-0.4, -0.2) is 35.4 Å². The van der Waals surface area contributed by atoms with Gasteiger partial charge in [0.2, 0.25) is 0 Å². The molecule has 1 atom stereocenters. The third-order valence-electron chi connectivity index (χ3n) is 2.65. The van der Waals surface area contributed by atoms with Gasteiger partial charge in [-0.2, -0.15) is 0 Å². The lowest BCUT2D eigenvalue weighted by atomic mass is 10.1. The Morgan fingerprint density at radius 3 is 2.69 bits per heavy atom. The lowest BCUT2D eigenvalue weighted by molar-refractivity contribution is 0.0947. The Bertz CT molecular complexity index is 374. The molecule has 0 aromatic heterocycles. The first kappa shape index (κ1) is 11.0. The normalized spacial score (nSPS) is 20.0. The molecule has 16 heavy (non-hydrogen) atoms. The first-order valence-electron chi connectivity index (χ1n) is 5.31. The van der Waals surface area contributed by atoms with Crippen molar-refractivity contribution in [2.24, 2.45) is 0 Å². The van der Waals surface area contributed by atoms with E-state index in [-0.39, 0.29) is 18.8 Å². The molecule has 4 heteroatoms. The average Bonchev–Trinajstić information content (AvgIpc) is 2.63. The summed E-state index contributed by atoms with van der Waals surface area (Å²) in [6, 6.07) is 8.02. The summed E-state index contributed by atoms with van der Waals surface area (Å²) in [4.78, 5) is 13.0. The fraction of sp³-hybridized carbons (Fsp3) is 0.417. The van der Waals surface area contributed by atoms with Crippen molar-refractivity contribution in [3.63, 3.8) is 0 Å². The number of rotatable bonds is 3. The summed E-state index contributed by atoms with van der Waals surface area (Å²) in [5, 5.41) is 8.90. The minimum absolute atomic E-state index is 0.115. The van der Waals surface area contributed by atoms with E-state index in [9.17, 15) is 4.79 Å². The van der Waals surface area contributed by atoms with E-state index in [1.54, 1.807) is 4.90 Å². The molecule has 1 amide bonds. The van der Waals surface area contributed by atoms with Crippen LogP contribution in [-0.2, 0) is 11.3 Å². The predicted octanol–water partition coefficient (Wildman–Crippen LogP) is 1.31. The van der Waals surface area contributed by atoms with Crippen LogP contribution in [0.5, 0.6) is 0 Å². The smallest absolute Gasteiger partial charge is 0.410 e. The molecule has 86 valence electrons. The Balaban J connectivity index is 2.00. The number of carbonyl (C=O) groups is 1. The molecule has 4 nitrogen and oxygen atoms in total. The first-order valence-corrected chi connectivity index (χ1v) is 5.31. The van der Waals surface area contributed by atoms with Crippen LogP contribution in [0.2, 0.25) is 0 Å². The standard InChI is InChI=1S/C12H15NO3/c1-9-2-4-10(5-3-9)6-13-7-11(8-14)16-12(13)15/h2-5,11,14H,6-8H2,1H3/t11-/m1/s1. The number of cyclic esters (lactones) is 1. The van der Waals surface area contributed by atoms with Crippen molar-refractivity contribution in [1.29, 1.82) is 0 Å². The zero-order valence-corrected chi connectivity index (χ0v) is 9.22. The van der Waals surface area contributed by atoms with Crippen molar-refractivity contribution in [2.75, 3.05) is 13.2 Å². The largest absolute Gasteiger partial charge is 0.442 e.